The van der Waals surface area contributed by atoms with E-state index in [1.807, 2.05) is 0 Å². The van der Waals surface area contributed by atoms with Crippen LogP contribution in [0.5, 0.6) is 0 Å². The minimum Gasteiger partial charge on any atom is -0.399 e. The molecule has 8 heteroatoms. The number of benzene rings is 1. The number of hydrogen-bond acceptors (Lipinski definition) is 6. The van der Waals surface area contributed by atoms with E-state index in [0.717, 1.165) is 0 Å². The third-order valence-electron chi connectivity index (χ3n) is 2.38. The Balaban J connectivity index is 2.50. The second-order valence-electron chi connectivity index (χ2n) is 3.82. The number of nitrogen functional groups attached to an aromatic ring is 1. The van der Waals surface area contributed by atoms with Gasteiger partial charge in [0.2, 0.25) is 10.0 Å². The van der Waals surface area contributed by atoms with Gasteiger partial charge in [0.1, 0.15) is 0 Å². The highest BCUT2D eigenvalue weighted by atomic mass is 32.2. The van der Waals surface area contributed by atoms with Crippen molar-refractivity contribution in [3.63, 3.8) is 0 Å². The van der Waals surface area contributed by atoms with Crippen LogP contribution in [-0.4, -0.2) is 18.4 Å². The highest BCUT2D eigenvalue weighted by molar-refractivity contribution is 7.99. The molecule has 4 N–H and O–H groups in total. The van der Waals surface area contributed by atoms with E-state index >= 15 is 0 Å². The molecule has 0 fully saturated rings. The lowest BCUT2D eigenvalue weighted by Gasteiger charge is -2.10. The normalized spacial score (nSPS) is 11.5. The maximum Gasteiger partial charge on any atom is 0.238 e. The minimum atomic E-state index is -3.80. The molecule has 0 bridgehead atoms. The maximum absolute atomic E-state index is 11.5. The van der Waals surface area contributed by atoms with Gasteiger partial charge in [-0.15, -0.1) is 0 Å². The molecular weight excluding hydrogens is 284 g/mol. The van der Waals surface area contributed by atoms with Gasteiger partial charge in [-0.05, 0) is 42.4 Å². The highest BCUT2D eigenvalue weighted by Crippen LogP contribution is 2.32. The number of aromatic nitrogens is 2. The molecule has 0 aliphatic heterocycles. The molecule has 0 aliphatic rings. The summed E-state index contributed by atoms with van der Waals surface area (Å²) in [7, 11) is -3.80. The van der Waals surface area contributed by atoms with Crippen molar-refractivity contribution in [2.75, 3.05) is 5.73 Å². The monoisotopic (exact) mass is 296 g/mol. The van der Waals surface area contributed by atoms with Gasteiger partial charge in [0, 0.05) is 23.0 Å². The van der Waals surface area contributed by atoms with Crippen molar-refractivity contribution in [3.05, 3.63) is 36.2 Å². The van der Waals surface area contributed by atoms with Crippen molar-refractivity contribution in [1.29, 1.82) is 0 Å². The summed E-state index contributed by atoms with van der Waals surface area (Å²) in [6.07, 6.45) is 3.22. The van der Waals surface area contributed by atoms with E-state index in [1.54, 1.807) is 31.5 Å². The largest absolute Gasteiger partial charge is 0.399 e. The summed E-state index contributed by atoms with van der Waals surface area (Å²) in [6.45, 7) is 1.67. The first-order chi connectivity index (χ1) is 8.88. The third kappa shape index (κ3) is 3.22. The van der Waals surface area contributed by atoms with Gasteiger partial charge in [-0.1, -0.05) is 0 Å². The van der Waals surface area contributed by atoms with Gasteiger partial charge in [0.15, 0.2) is 5.16 Å². The standard InChI is InChI=1S/C11H12N4O2S2/c1-7-9(18-11-14-3-2-4-15-11)5-8(12)6-10(7)19(13,16)17/h2-6H,12H2,1H3,(H2,13,16,17). The van der Waals surface area contributed by atoms with Crippen LogP contribution < -0.4 is 10.9 Å². The van der Waals surface area contributed by atoms with Crippen molar-refractivity contribution in [2.24, 2.45) is 5.14 Å². The SMILES string of the molecule is Cc1c(Sc2ncccn2)cc(N)cc1S(N)(=O)=O. The molecule has 0 radical (unpaired) electrons. The van der Waals surface area contributed by atoms with Crippen LogP contribution in [0.4, 0.5) is 5.69 Å². The Labute approximate surface area is 115 Å². The lowest BCUT2D eigenvalue weighted by Crippen LogP contribution is -2.14. The van der Waals surface area contributed by atoms with Gasteiger partial charge < -0.3 is 5.73 Å². The van der Waals surface area contributed by atoms with Gasteiger partial charge in [0.05, 0.1) is 4.90 Å². The summed E-state index contributed by atoms with van der Waals surface area (Å²) < 4.78 is 23.0. The molecule has 0 aliphatic carbocycles. The molecule has 0 unspecified atom stereocenters. The number of nitrogens with zero attached hydrogens (tertiary/aromatic N) is 2. The molecule has 1 heterocycles. The average Bonchev–Trinajstić information content (AvgIpc) is 2.33. The van der Waals surface area contributed by atoms with Gasteiger partial charge in [0.25, 0.3) is 0 Å². The first-order valence-electron chi connectivity index (χ1n) is 5.26. The van der Waals surface area contributed by atoms with Crippen LogP contribution in [0.1, 0.15) is 5.56 Å². The van der Waals surface area contributed by atoms with Crippen LogP contribution in [0, 0.1) is 6.92 Å². The summed E-state index contributed by atoms with van der Waals surface area (Å²) in [6, 6.07) is 4.72. The summed E-state index contributed by atoms with van der Waals surface area (Å²) in [4.78, 5) is 8.82. The van der Waals surface area contributed by atoms with Crippen LogP contribution in [-0.2, 0) is 10.0 Å². The van der Waals surface area contributed by atoms with Gasteiger partial charge in [-0.2, -0.15) is 0 Å². The summed E-state index contributed by atoms with van der Waals surface area (Å²) in [5.74, 6) is 0. The van der Waals surface area contributed by atoms with Crippen LogP contribution in [0.25, 0.3) is 0 Å². The fraction of sp³-hybridized carbons (Fsp3) is 0.0909. The fourth-order valence-corrected chi connectivity index (χ4v) is 3.30. The van der Waals surface area contributed by atoms with Crippen molar-refractivity contribution >= 4 is 27.5 Å². The fourth-order valence-electron chi connectivity index (χ4n) is 1.52. The van der Waals surface area contributed by atoms with E-state index in [4.69, 9.17) is 10.9 Å². The lowest BCUT2D eigenvalue weighted by molar-refractivity contribution is 0.597. The van der Waals surface area contributed by atoms with Gasteiger partial charge in [-0.3, -0.25) is 0 Å². The quantitative estimate of drug-likeness (QED) is 0.649. The van der Waals surface area contributed by atoms with Crippen LogP contribution in [0.15, 0.2) is 45.5 Å². The number of primary sulfonamides is 1. The smallest absolute Gasteiger partial charge is 0.238 e. The first kappa shape index (κ1) is 13.8. The third-order valence-corrected chi connectivity index (χ3v) is 4.46. The Hall–Kier alpha value is -1.64. The predicted octanol–water partition coefficient (Wildman–Crippen LogP) is 1.17. The van der Waals surface area contributed by atoms with E-state index in [0.29, 0.717) is 21.3 Å². The van der Waals surface area contributed by atoms with Crippen LogP contribution >= 0.6 is 11.8 Å². The molecule has 2 rings (SSSR count). The van der Waals surface area contributed by atoms with Crippen molar-refractivity contribution < 1.29 is 8.42 Å². The van der Waals surface area contributed by atoms with Crippen molar-refractivity contribution in [2.45, 2.75) is 21.9 Å². The topological polar surface area (TPSA) is 112 Å². The zero-order valence-corrected chi connectivity index (χ0v) is 11.7. The molecule has 6 nitrogen and oxygen atoms in total. The number of sulfonamides is 1. The Morgan fingerprint density at radius 3 is 2.42 bits per heavy atom. The maximum atomic E-state index is 11.5. The molecule has 1 aromatic heterocycles. The molecule has 0 atom stereocenters. The molecule has 1 aromatic carbocycles. The Morgan fingerprint density at radius 1 is 1.21 bits per heavy atom. The molecule has 0 spiro atoms. The summed E-state index contributed by atoms with van der Waals surface area (Å²) in [5, 5.41) is 5.68. The average molecular weight is 296 g/mol. The van der Waals surface area contributed by atoms with E-state index in [2.05, 4.69) is 9.97 Å². The highest BCUT2D eigenvalue weighted by Gasteiger charge is 2.16. The van der Waals surface area contributed by atoms with E-state index in [1.165, 1.54) is 17.8 Å². The molecule has 2 aromatic rings. The Morgan fingerprint density at radius 2 is 1.84 bits per heavy atom. The molecule has 100 valence electrons. The zero-order chi connectivity index (χ0) is 14.0. The second-order valence-corrected chi connectivity index (χ2v) is 6.36. The Bertz CT molecular complexity index is 702. The van der Waals surface area contributed by atoms with E-state index in [9.17, 15) is 8.42 Å². The van der Waals surface area contributed by atoms with Crippen LogP contribution in [0.3, 0.4) is 0 Å². The molecule has 0 saturated heterocycles. The number of rotatable bonds is 3. The molecule has 19 heavy (non-hydrogen) atoms. The van der Waals surface area contributed by atoms with Gasteiger partial charge >= 0.3 is 0 Å². The molecule has 0 amide bonds. The predicted molar refractivity (Wildman–Crippen MR) is 73.1 cm³/mol. The first-order valence-corrected chi connectivity index (χ1v) is 7.62. The van der Waals surface area contributed by atoms with Gasteiger partial charge in [-0.25, -0.2) is 23.5 Å². The number of nitrogens with two attached hydrogens (primary N) is 2. The second kappa shape index (κ2) is 5.16. The number of hydrogen-bond donors (Lipinski definition) is 2. The van der Waals surface area contributed by atoms with E-state index < -0.39 is 10.0 Å². The van der Waals surface area contributed by atoms with Crippen LogP contribution in [0.2, 0.25) is 0 Å². The number of anilines is 1. The van der Waals surface area contributed by atoms with E-state index in [-0.39, 0.29) is 4.90 Å². The zero-order valence-electron chi connectivity index (χ0n) is 10.1. The summed E-state index contributed by atoms with van der Waals surface area (Å²) in [5.41, 5.74) is 6.57. The van der Waals surface area contributed by atoms with Crippen molar-refractivity contribution in [1.82, 2.24) is 9.97 Å². The Kier molecular flexibility index (Phi) is 3.74. The lowest BCUT2D eigenvalue weighted by atomic mass is 10.2. The van der Waals surface area contributed by atoms with Crippen molar-refractivity contribution in [3.8, 4) is 0 Å². The molecule has 0 saturated carbocycles. The molecular formula is C11H12N4O2S2. The minimum absolute atomic E-state index is 0.0194. The summed E-state index contributed by atoms with van der Waals surface area (Å²) >= 11 is 1.24.